The lowest BCUT2D eigenvalue weighted by molar-refractivity contribution is 0.180. The fourth-order valence-electron chi connectivity index (χ4n) is 4.01. The van der Waals surface area contributed by atoms with Crippen LogP contribution in [0, 0.1) is 5.92 Å². The van der Waals surface area contributed by atoms with Gasteiger partial charge >= 0.3 is 0 Å². The minimum Gasteiger partial charge on any atom is -0.495 e. The molecule has 4 rings (SSSR count). The van der Waals surface area contributed by atoms with Crippen LogP contribution >= 0.6 is 23.8 Å². The number of piperidine rings is 1. The minimum absolute atomic E-state index is 0.0965. The van der Waals surface area contributed by atoms with E-state index in [0.717, 1.165) is 37.4 Å². The molecule has 136 valence electrons. The number of aromatic nitrogens is 1. The van der Waals surface area contributed by atoms with E-state index >= 15 is 0 Å². The number of hydrogen-bond acceptors (Lipinski definition) is 3. The first-order chi connectivity index (χ1) is 12.5. The topological polar surface area (TPSA) is 46.5 Å². The van der Waals surface area contributed by atoms with Crippen molar-refractivity contribution in [2.45, 2.75) is 18.9 Å². The van der Waals surface area contributed by atoms with Crippen LogP contribution in [0.1, 0.15) is 18.0 Å². The van der Waals surface area contributed by atoms with Crippen molar-refractivity contribution in [2.24, 2.45) is 5.92 Å². The fraction of sp³-hybridized carbons (Fsp3) is 0.368. The molecule has 2 aliphatic rings. The summed E-state index contributed by atoms with van der Waals surface area (Å²) in [6.45, 7) is 2.43. The molecule has 2 aliphatic heterocycles. The third-order valence-corrected chi connectivity index (χ3v) is 5.83. The highest BCUT2D eigenvalue weighted by atomic mass is 35.5. The maximum Gasteiger partial charge on any atom is 0.250 e. The van der Waals surface area contributed by atoms with Crippen molar-refractivity contribution in [2.75, 3.05) is 25.5 Å². The highest BCUT2D eigenvalue weighted by molar-refractivity contribution is 7.80. The maximum atomic E-state index is 12.1. The van der Waals surface area contributed by atoms with Crippen LogP contribution in [0.4, 0.5) is 5.69 Å². The quantitative estimate of drug-likeness (QED) is 0.798. The highest BCUT2D eigenvalue weighted by Crippen LogP contribution is 2.35. The van der Waals surface area contributed by atoms with E-state index in [0.29, 0.717) is 27.7 Å². The Labute approximate surface area is 162 Å². The second kappa shape index (κ2) is 6.93. The number of benzene rings is 1. The molecule has 0 aliphatic carbocycles. The number of pyridine rings is 1. The Morgan fingerprint density at radius 2 is 2.12 bits per heavy atom. The van der Waals surface area contributed by atoms with Crippen LogP contribution < -0.4 is 15.6 Å². The number of halogens is 1. The number of methoxy groups -OCH3 is 1. The maximum absolute atomic E-state index is 12.1. The number of nitrogens with zero attached hydrogens (tertiary/aromatic N) is 2. The molecule has 26 heavy (non-hydrogen) atoms. The normalized spacial score (nSPS) is 21.1. The van der Waals surface area contributed by atoms with E-state index in [-0.39, 0.29) is 5.56 Å². The van der Waals surface area contributed by atoms with E-state index < -0.39 is 0 Å². The Bertz CT molecular complexity index is 914. The third kappa shape index (κ3) is 3.19. The molecule has 2 aromatic rings. The van der Waals surface area contributed by atoms with E-state index in [1.54, 1.807) is 13.2 Å². The Balaban J connectivity index is 1.51. The number of nitrogens with one attached hydrogen (secondary N) is 1. The van der Waals surface area contributed by atoms with Crippen molar-refractivity contribution in [3.63, 3.8) is 0 Å². The average molecular weight is 390 g/mol. The minimum atomic E-state index is 0.0965. The molecule has 0 radical (unpaired) electrons. The molecule has 3 heterocycles. The zero-order chi connectivity index (χ0) is 18.3. The molecule has 1 aromatic carbocycles. The molecule has 1 saturated heterocycles. The Kier molecular flexibility index (Phi) is 4.63. The molecule has 1 aromatic heterocycles. The lowest BCUT2D eigenvalue weighted by Gasteiger charge is -2.43. The molecule has 2 bridgehead atoms. The van der Waals surface area contributed by atoms with E-state index in [1.165, 1.54) is 0 Å². The van der Waals surface area contributed by atoms with Crippen LogP contribution in [-0.2, 0) is 6.54 Å². The van der Waals surface area contributed by atoms with Gasteiger partial charge in [0.25, 0.3) is 5.56 Å². The van der Waals surface area contributed by atoms with Gasteiger partial charge in [0.2, 0.25) is 0 Å². The molecule has 0 amide bonds. The summed E-state index contributed by atoms with van der Waals surface area (Å²) in [7, 11) is 1.59. The second-order valence-electron chi connectivity index (χ2n) is 6.88. The zero-order valence-electron chi connectivity index (χ0n) is 14.4. The Hall–Kier alpha value is -2.05. The largest absolute Gasteiger partial charge is 0.495 e. The fourth-order valence-corrected chi connectivity index (χ4v) is 4.53. The SMILES string of the molecule is COc1ccc(NC(=S)N2C[C@H]3C[C@H](C2)c2cccc(=O)n2C3)cc1Cl. The van der Waals surface area contributed by atoms with Gasteiger partial charge in [-0.25, -0.2) is 0 Å². The highest BCUT2D eigenvalue weighted by Gasteiger charge is 2.35. The summed E-state index contributed by atoms with van der Waals surface area (Å²) >= 11 is 11.8. The van der Waals surface area contributed by atoms with Crippen LogP contribution in [-0.4, -0.2) is 34.8 Å². The van der Waals surface area contributed by atoms with E-state index in [9.17, 15) is 4.79 Å². The first-order valence-corrected chi connectivity index (χ1v) is 9.43. The van der Waals surface area contributed by atoms with Crippen molar-refractivity contribution < 1.29 is 4.74 Å². The third-order valence-electron chi connectivity index (χ3n) is 5.17. The lowest BCUT2D eigenvalue weighted by Crippen LogP contribution is -2.50. The number of hydrogen-bond donors (Lipinski definition) is 1. The first kappa shape index (κ1) is 17.4. The molecule has 0 unspecified atom stereocenters. The number of rotatable bonds is 2. The average Bonchev–Trinajstić information content (AvgIpc) is 2.63. The van der Waals surface area contributed by atoms with E-state index in [1.807, 2.05) is 28.8 Å². The zero-order valence-corrected chi connectivity index (χ0v) is 16.0. The van der Waals surface area contributed by atoms with Gasteiger partial charge in [0.05, 0.1) is 12.1 Å². The summed E-state index contributed by atoms with van der Waals surface area (Å²) in [4.78, 5) is 14.3. The van der Waals surface area contributed by atoms with Crippen LogP contribution in [0.2, 0.25) is 5.02 Å². The Morgan fingerprint density at radius 1 is 1.27 bits per heavy atom. The van der Waals surface area contributed by atoms with Crippen molar-refractivity contribution >= 4 is 34.6 Å². The van der Waals surface area contributed by atoms with Gasteiger partial charge in [0.15, 0.2) is 5.11 Å². The summed E-state index contributed by atoms with van der Waals surface area (Å²) in [6, 6.07) is 11.1. The van der Waals surface area contributed by atoms with Gasteiger partial charge in [0.1, 0.15) is 5.75 Å². The second-order valence-corrected chi connectivity index (χ2v) is 7.68. The smallest absolute Gasteiger partial charge is 0.250 e. The molecule has 2 atom stereocenters. The van der Waals surface area contributed by atoms with E-state index in [4.69, 9.17) is 28.6 Å². The summed E-state index contributed by atoms with van der Waals surface area (Å²) in [5.41, 5.74) is 2.06. The molecule has 5 nitrogen and oxygen atoms in total. The summed E-state index contributed by atoms with van der Waals surface area (Å²) < 4.78 is 7.11. The predicted octanol–water partition coefficient (Wildman–Crippen LogP) is 3.33. The lowest BCUT2D eigenvalue weighted by atomic mass is 9.83. The molecule has 1 N–H and O–H groups in total. The van der Waals surface area contributed by atoms with Gasteiger partial charge in [-0.1, -0.05) is 17.7 Å². The Morgan fingerprint density at radius 3 is 2.88 bits per heavy atom. The van der Waals surface area contributed by atoms with Crippen LogP contribution in [0.15, 0.2) is 41.2 Å². The number of likely N-dealkylation sites (tertiary alicyclic amines) is 1. The van der Waals surface area contributed by atoms with Gasteiger partial charge in [-0.15, -0.1) is 0 Å². The summed E-state index contributed by atoms with van der Waals surface area (Å²) in [5, 5.41) is 4.51. The number of thiocarbonyl (C=S) groups is 1. The molecular formula is C19H20ClN3O2S. The predicted molar refractivity (Wildman–Crippen MR) is 107 cm³/mol. The van der Waals surface area contributed by atoms with Crippen LogP contribution in [0.25, 0.3) is 0 Å². The van der Waals surface area contributed by atoms with Crippen molar-refractivity contribution in [1.82, 2.24) is 9.47 Å². The van der Waals surface area contributed by atoms with E-state index in [2.05, 4.69) is 16.3 Å². The number of fused-ring (bicyclic) bond motifs is 4. The molecule has 7 heteroatoms. The van der Waals surface area contributed by atoms with Crippen molar-refractivity contribution in [1.29, 1.82) is 0 Å². The summed E-state index contributed by atoms with van der Waals surface area (Å²) in [6.07, 6.45) is 1.11. The van der Waals surface area contributed by atoms with Gasteiger partial charge in [-0.3, -0.25) is 4.79 Å². The van der Waals surface area contributed by atoms with Gasteiger partial charge in [-0.2, -0.15) is 0 Å². The summed E-state index contributed by atoms with van der Waals surface area (Å²) in [5.74, 6) is 1.40. The number of ether oxygens (including phenoxy) is 1. The van der Waals surface area contributed by atoms with Gasteiger partial charge < -0.3 is 19.5 Å². The monoisotopic (exact) mass is 389 g/mol. The standard InChI is InChI=1S/C19H20ClN3O2S/c1-25-17-6-5-14(8-15(17)20)21-19(26)22-9-12-7-13(11-22)16-3-2-4-18(24)23(16)10-12/h2-6,8,12-13H,7,9-11H2,1H3,(H,21,26)/t12-,13-/m1/s1. The van der Waals surface area contributed by atoms with Crippen molar-refractivity contribution in [3.8, 4) is 5.75 Å². The number of anilines is 1. The van der Waals surface area contributed by atoms with Gasteiger partial charge in [-0.05, 0) is 48.8 Å². The first-order valence-electron chi connectivity index (χ1n) is 8.64. The van der Waals surface area contributed by atoms with Gasteiger partial charge in [0, 0.05) is 43.0 Å². The molecule has 0 spiro atoms. The van der Waals surface area contributed by atoms with Crippen LogP contribution in [0.5, 0.6) is 5.75 Å². The molecular weight excluding hydrogens is 370 g/mol. The molecule has 1 fully saturated rings. The molecule has 0 saturated carbocycles. The van der Waals surface area contributed by atoms with Crippen LogP contribution in [0.3, 0.4) is 0 Å². The van der Waals surface area contributed by atoms with Crippen molar-refractivity contribution in [3.05, 3.63) is 57.5 Å².